The van der Waals surface area contributed by atoms with Gasteiger partial charge in [0.1, 0.15) is 25.4 Å². The zero-order chi connectivity index (χ0) is 63.8. The lowest BCUT2D eigenvalue weighted by Gasteiger charge is -2.21. The van der Waals surface area contributed by atoms with Gasteiger partial charge in [0.2, 0.25) is 0 Å². The quantitative estimate of drug-likeness (QED) is 0.0146. The second kappa shape index (κ2) is 61.7. The Morgan fingerprint density at radius 1 is 0.333 bits per heavy atom. The van der Waals surface area contributed by atoms with Crippen LogP contribution < -0.4 is 0 Å². The molecule has 18 heteroatoms. The van der Waals surface area contributed by atoms with Gasteiger partial charge in [-0.05, 0) is 128 Å². The molecule has 16 nitrogen and oxygen atoms in total. The van der Waals surface area contributed by atoms with Crippen LogP contribution in [0.3, 0.4) is 0 Å². The maximum Gasteiger partial charge on any atom is 0.472 e. The fourth-order valence-electron chi connectivity index (χ4n) is 7.67. The lowest BCUT2D eigenvalue weighted by Crippen LogP contribution is -2.30. The molecule has 4 N–H and O–H groups in total. The summed E-state index contributed by atoms with van der Waals surface area (Å²) in [5, 5.41) is 20.5. The number of esters is 3. The zero-order valence-electron chi connectivity index (χ0n) is 53.1. The molecule has 0 aromatic rings. The number of carbonyl (C=O) groups is 3. The van der Waals surface area contributed by atoms with Crippen LogP contribution in [-0.4, -0.2) is 95.9 Å². The molecule has 0 bridgehead atoms. The van der Waals surface area contributed by atoms with E-state index in [1.807, 2.05) is 18.2 Å². The summed E-state index contributed by atoms with van der Waals surface area (Å²) in [4.78, 5) is 58.2. The molecule has 0 heterocycles. The normalized spacial score (nSPS) is 15.3. The van der Waals surface area contributed by atoms with Crippen molar-refractivity contribution in [3.8, 4) is 0 Å². The molecule has 0 spiro atoms. The minimum absolute atomic E-state index is 0.0550. The molecule has 0 fully saturated rings. The number of unbranched alkanes of at least 4 members (excludes halogenated alkanes) is 12. The molecule has 87 heavy (non-hydrogen) atoms. The summed E-state index contributed by atoms with van der Waals surface area (Å²) in [6.07, 6.45) is 72.1. The Bertz CT molecular complexity index is 2170. The number of rotatable bonds is 59. The molecule has 5 atom stereocenters. The summed E-state index contributed by atoms with van der Waals surface area (Å²) < 4.78 is 60.6. The van der Waals surface area contributed by atoms with Gasteiger partial charge >= 0.3 is 33.6 Å². The third kappa shape index (κ3) is 62.8. The van der Waals surface area contributed by atoms with E-state index in [-0.39, 0.29) is 19.3 Å². The third-order valence-corrected chi connectivity index (χ3v) is 14.4. The van der Waals surface area contributed by atoms with E-state index >= 15 is 0 Å². The van der Waals surface area contributed by atoms with Gasteiger partial charge < -0.3 is 34.2 Å². The molecule has 0 saturated carbocycles. The number of hydrogen-bond acceptors (Lipinski definition) is 14. The van der Waals surface area contributed by atoms with E-state index in [0.717, 1.165) is 122 Å². The number of hydrogen-bond donors (Lipinski definition) is 4. The van der Waals surface area contributed by atoms with Gasteiger partial charge in [-0.15, -0.1) is 0 Å². The van der Waals surface area contributed by atoms with Gasteiger partial charge in [-0.3, -0.25) is 32.5 Å². The van der Waals surface area contributed by atoms with Crippen LogP contribution in [0.4, 0.5) is 0 Å². The molecule has 5 unspecified atom stereocenters. The fourth-order valence-corrected chi connectivity index (χ4v) is 9.26. The van der Waals surface area contributed by atoms with Gasteiger partial charge in [0.05, 0.1) is 26.4 Å². The summed E-state index contributed by atoms with van der Waals surface area (Å²) in [5.74, 6) is -1.72. The highest BCUT2D eigenvalue weighted by Gasteiger charge is 2.29. The lowest BCUT2D eigenvalue weighted by molar-refractivity contribution is -0.161. The van der Waals surface area contributed by atoms with Gasteiger partial charge in [-0.2, -0.15) is 0 Å². The van der Waals surface area contributed by atoms with E-state index in [1.165, 1.54) is 25.7 Å². The summed E-state index contributed by atoms with van der Waals surface area (Å²) in [7, 11) is -9.81. The largest absolute Gasteiger partial charge is 0.472 e. The van der Waals surface area contributed by atoms with Crippen LogP contribution >= 0.6 is 15.6 Å². The van der Waals surface area contributed by atoms with Crippen molar-refractivity contribution in [3.63, 3.8) is 0 Å². The molecule has 0 amide bonds. The Morgan fingerprint density at radius 3 is 1.06 bits per heavy atom. The van der Waals surface area contributed by atoms with Crippen molar-refractivity contribution in [3.05, 3.63) is 146 Å². The first-order valence-corrected chi connectivity index (χ1v) is 35.1. The smallest absolute Gasteiger partial charge is 0.463 e. The lowest BCUT2D eigenvalue weighted by atomic mass is 10.1. The maximum atomic E-state index is 12.9. The van der Waals surface area contributed by atoms with Gasteiger partial charge in [0, 0.05) is 19.3 Å². The number of aliphatic hydroxyl groups is 2. The van der Waals surface area contributed by atoms with Crippen molar-refractivity contribution in [2.75, 3.05) is 39.6 Å². The fraction of sp³-hybridized carbons (Fsp3) is 0.609. The highest BCUT2D eigenvalue weighted by molar-refractivity contribution is 7.47. The van der Waals surface area contributed by atoms with Gasteiger partial charge in [-0.1, -0.05) is 212 Å². The molecule has 0 aromatic carbocycles. The van der Waals surface area contributed by atoms with E-state index in [9.17, 15) is 43.5 Å². The standard InChI is InChI=1S/C69H112O16P2/c1-4-7-10-13-16-19-22-25-27-29-31-33-35-38-40-43-46-49-52-55-67(72)79-58-64(70)59-81-86(75,76)82-60-65(71)61-83-87(77,78)84-63-66(85-69(74)57-54-51-48-45-42-37-24-21-18-15-12-9-6-3)62-80-68(73)56-53-50-47-44-41-39-36-34-32-30-28-26-23-20-17-14-11-8-5-2/h7-8,10-11,16-17,19-21,24-28,31-34,38-41,46,49,64-66,70-71H,4-6,9,12-15,18,22-23,29-30,35-37,42-45,47-48,50-63H2,1-3H3,(H,75,76)(H,77,78)/b10-7-,11-8-,19-16-,20-17-,24-21-,27-25-,28-26-,33-31-,34-32-,40-38-,41-39-,49-46-. The van der Waals surface area contributed by atoms with Crippen LogP contribution in [0.25, 0.3) is 0 Å². The molecule has 0 aliphatic carbocycles. The summed E-state index contributed by atoms with van der Waals surface area (Å²) in [5.41, 5.74) is 0. The van der Waals surface area contributed by atoms with Gasteiger partial charge in [-0.25, -0.2) is 9.13 Å². The van der Waals surface area contributed by atoms with Gasteiger partial charge in [0.25, 0.3) is 0 Å². The van der Waals surface area contributed by atoms with E-state index in [4.69, 9.17) is 32.3 Å². The van der Waals surface area contributed by atoms with Crippen LogP contribution in [0, 0.1) is 0 Å². The molecule has 0 aromatic heterocycles. The second-order valence-electron chi connectivity index (χ2n) is 20.8. The van der Waals surface area contributed by atoms with Gasteiger partial charge in [0.15, 0.2) is 6.10 Å². The number of allylic oxidation sites excluding steroid dienone is 24. The average Bonchev–Trinajstić information content (AvgIpc) is 3.63. The first kappa shape index (κ1) is 82.4. The first-order valence-electron chi connectivity index (χ1n) is 32.1. The molecule has 0 saturated heterocycles. The first-order chi connectivity index (χ1) is 42.2. The van der Waals surface area contributed by atoms with Crippen LogP contribution in [0.5, 0.6) is 0 Å². The molecular formula is C69H112O16P2. The van der Waals surface area contributed by atoms with E-state index in [0.29, 0.717) is 25.7 Å². The Kier molecular flexibility index (Phi) is 58.4. The highest BCUT2D eigenvalue weighted by Crippen LogP contribution is 2.45. The highest BCUT2D eigenvalue weighted by atomic mass is 31.2. The number of ether oxygens (including phenoxy) is 3. The van der Waals surface area contributed by atoms with Crippen LogP contribution in [-0.2, 0) is 55.8 Å². The molecule has 494 valence electrons. The number of phosphoric ester groups is 2. The van der Waals surface area contributed by atoms with Crippen molar-refractivity contribution < 1.29 is 75.8 Å². The molecule has 0 radical (unpaired) electrons. The number of phosphoric acid groups is 2. The Hall–Kier alpha value is -4.57. The van der Waals surface area contributed by atoms with Crippen molar-refractivity contribution in [1.29, 1.82) is 0 Å². The number of aliphatic hydroxyl groups excluding tert-OH is 2. The van der Waals surface area contributed by atoms with Crippen molar-refractivity contribution >= 4 is 33.6 Å². The minimum atomic E-state index is -4.94. The van der Waals surface area contributed by atoms with Crippen LogP contribution in [0.1, 0.15) is 213 Å². The number of carbonyl (C=O) groups excluding carboxylic acids is 3. The topological polar surface area (TPSA) is 231 Å². The van der Waals surface area contributed by atoms with E-state index in [1.54, 1.807) is 0 Å². The average molecular weight is 1260 g/mol. The van der Waals surface area contributed by atoms with E-state index in [2.05, 4.69) is 148 Å². The SMILES string of the molecule is CC/C=C\C/C=C\C/C=C\C/C=C\C/C=C\C/C=C\CCC(=O)OCC(O)COP(=O)(O)OCC(O)COP(=O)(O)OCC(COC(=O)CCCCC/C=C\C/C=C\C/C=C\C/C=C\C/C=C\CC)OC(=O)CCCCCCC/C=C\CCCCCC. The van der Waals surface area contributed by atoms with Crippen molar-refractivity contribution in [2.24, 2.45) is 0 Å². The monoisotopic (exact) mass is 1260 g/mol. The molecule has 0 rings (SSSR count). The predicted octanol–water partition coefficient (Wildman–Crippen LogP) is 17.4. The van der Waals surface area contributed by atoms with E-state index < -0.39 is 91.5 Å². The molecule has 0 aliphatic heterocycles. The Morgan fingerprint density at radius 2 is 0.632 bits per heavy atom. The Balaban J connectivity index is 4.79. The Labute approximate surface area is 524 Å². The molecule has 0 aliphatic rings. The molecular weight excluding hydrogens is 1150 g/mol. The maximum absolute atomic E-state index is 12.9. The van der Waals surface area contributed by atoms with Crippen molar-refractivity contribution in [2.45, 2.75) is 232 Å². The summed E-state index contributed by atoms with van der Waals surface area (Å²) in [6.45, 7) is 2.24. The zero-order valence-corrected chi connectivity index (χ0v) is 54.9. The second-order valence-corrected chi connectivity index (χ2v) is 23.7. The summed E-state index contributed by atoms with van der Waals surface area (Å²) >= 11 is 0. The van der Waals surface area contributed by atoms with Crippen molar-refractivity contribution in [1.82, 2.24) is 0 Å². The minimum Gasteiger partial charge on any atom is -0.463 e. The van der Waals surface area contributed by atoms with Crippen LogP contribution in [0.15, 0.2) is 146 Å². The predicted molar refractivity (Wildman–Crippen MR) is 352 cm³/mol. The summed E-state index contributed by atoms with van der Waals surface area (Å²) in [6, 6.07) is 0. The third-order valence-electron chi connectivity index (χ3n) is 12.5. The van der Waals surface area contributed by atoms with Crippen LogP contribution in [0.2, 0.25) is 0 Å².